The van der Waals surface area contributed by atoms with E-state index in [0.29, 0.717) is 29.5 Å². The van der Waals surface area contributed by atoms with Gasteiger partial charge in [0.2, 0.25) is 0 Å². The number of alkyl halides is 5. The van der Waals surface area contributed by atoms with E-state index in [1.807, 2.05) is 19.0 Å². The van der Waals surface area contributed by atoms with Crippen LogP contribution in [-0.4, -0.2) is 77.0 Å². The molecule has 0 saturated carbocycles. The molecule has 1 aliphatic rings. The van der Waals surface area contributed by atoms with Crippen molar-refractivity contribution in [1.29, 1.82) is 0 Å². The first-order chi connectivity index (χ1) is 25.9. The second-order valence-electron chi connectivity index (χ2n) is 14.3. The largest absolute Gasteiger partial charge is 0.480 e. The second-order valence-corrected chi connectivity index (χ2v) is 14.3. The lowest BCUT2D eigenvalue weighted by Gasteiger charge is -2.32. The summed E-state index contributed by atoms with van der Waals surface area (Å²) >= 11 is 0. The summed E-state index contributed by atoms with van der Waals surface area (Å²) in [7, 11) is 5.13. The van der Waals surface area contributed by atoms with Crippen LogP contribution in [0.1, 0.15) is 45.5 Å². The van der Waals surface area contributed by atoms with E-state index in [0.717, 1.165) is 6.07 Å². The summed E-state index contributed by atoms with van der Waals surface area (Å²) in [6.07, 6.45) is -5.56. The first-order valence-corrected chi connectivity index (χ1v) is 17.7. The molecule has 4 aromatic carbocycles. The molecule has 2 N–H and O–H groups in total. The molecule has 0 unspecified atom stereocenters. The molecule has 1 fully saturated rings. The summed E-state index contributed by atoms with van der Waals surface area (Å²) in [5, 5.41) is 13.1. The highest BCUT2D eigenvalue weighted by Gasteiger charge is 2.39. The summed E-state index contributed by atoms with van der Waals surface area (Å²) in [4.78, 5) is 43.6. The molecule has 1 atom stereocenters. The number of hydrogen-bond acceptors (Lipinski definition) is 5. The highest BCUT2D eigenvalue weighted by atomic mass is 19.4. The Morgan fingerprint density at radius 2 is 1.58 bits per heavy atom. The standard InChI is InChI=1S/C41H40F6N4O4/c1-49(2)18-15-24-13-14-33-30(21-24)36(41(45,46)47)35(38(53)50(33)3)29-11-6-9-27-25(7-4-10-28(27)29)22-32(39(54)55)48-37(52)34-26(8-5-12-31(34)42)23-51-19-16-40(43,44)17-20-51/h4-14,21,32H,15-20,22-23H2,1-3H3,(H,48,52)(H,54,55)/t32-/m0/s1. The fourth-order valence-corrected chi connectivity index (χ4v) is 7.30. The van der Waals surface area contributed by atoms with Gasteiger partial charge < -0.3 is 19.9 Å². The van der Waals surface area contributed by atoms with Crippen LogP contribution >= 0.6 is 0 Å². The van der Waals surface area contributed by atoms with Crippen LogP contribution in [0, 0.1) is 5.82 Å². The zero-order valence-corrected chi connectivity index (χ0v) is 30.4. The molecule has 290 valence electrons. The number of aromatic nitrogens is 1. The molecule has 55 heavy (non-hydrogen) atoms. The monoisotopic (exact) mass is 766 g/mol. The maximum atomic E-state index is 15.2. The van der Waals surface area contributed by atoms with Gasteiger partial charge in [-0.2, -0.15) is 13.2 Å². The Bertz CT molecular complexity index is 2330. The molecule has 6 rings (SSSR count). The number of likely N-dealkylation sites (N-methyl/N-ethyl adjacent to an activating group) is 1. The number of aliphatic carboxylic acids is 1. The minimum Gasteiger partial charge on any atom is -0.480 e. The molecule has 1 aromatic heterocycles. The molecule has 0 bridgehead atoms. The van der Waals surface area contributed by atoms with Crippen molar-refractivity contribution in [3.05, 3.63) is 117 Å². The predicted molar refractivity (Wildman–Crippen MR) is 198 cm³/mol. The topological polar surface area (TPSA) is 94.9 Å². The number of aryl methyl sites for hydroxylation is 1. The van der Waals surface area contributed by atoms with Crippen LogP contribution in [0.3, 0.4) is 0 Å². The van der Waals surface area contributed by atoms with Crippen LogP contribution < -0.4 is 10.9 Å². The number of carbonyl (C=O) groups is 2. The smallest absolute Gasteiger partial charge is 0.417 e. The number of fused-ring (bicyclic) bond motifs is 2. The van der Waals surface area contributed by atoms with E-state index in [9.17, 15) is 28.3 Å². The van der Waals surface area contributed by atoms with Gasteiger partial charge in [-0.25, -0.2) is 18.0 Å². The maximum absolute atomic E-state index is 15.2. The maximum Gasteiger partial charge on any atom is 0.417 e. The fourth-order valence-electron chi connectivity index (χ4n) is 7.30. The predicted octanol–water partition coefficient (Wildman–Crippen LogP) is 7.28. The lowest BCUT2D eigenvalue weighted by atomic mass is 9.90. The lowest BCUT2D eigenvalue weighted by molar-refractivity contribution is -0.139. The van der Waals surface area contributed by atoms with Crippen molar-refractivity contribution in [1.82, 2.24) is 19.7 Å². The molecule has 1 saturated heterocycles. The van der Waals surface area contributed by atoms with Gasteiger partial charge in [0.1, 0.15) is 11.9 Å². The van der Waals surface area contributed by atoms with Crippen molar-refractivity contribution in [2.24, 2.45) is 7.05 Å². The molecule has 1 aliphatic heterocycles. The molecular weight excluding hydrogens is 726 g/mol. The van der Waals surface area contributed by atoms with Crippen LogP contribution in [0.15, 0.2) is 77.6 Å². The van der Waals surface area contributed by atoms with Gasteiger partial charge in [-0.3, -0.25) is 14.5 Å². The van der Waals surface area contributed by atoms with Crippen LogP contribution in [0.5, 0.6) is 0 Å². The number of hydrogen-bond donors (Lipinski definition) is 2. The number of amides is 1. The average molecular weight is 767 g/mol. The zero-order valence-electron chi connectivity index (χ0n) is 30.4. The minimum atomic E-state index is -4.93. The Hall–Kier alpha value is -5.21. The third-order valence-electron chi connectivity index (χ3n) is 10.2. The highest BCUT2D eigenvalue weighted by molar-refractivity contribution is 6.02. The number of likely N-dealkylation sites (tertiary alicyclic amines) is 1. The molecule has 8 nitrogen and oxygen atoms in total. The summed E-state index contributed by atoms with van der Waals surface area (Å²) in [6.45, 7) is 0.642. The summed E-state index contributed by atoms with van der Waals surface area (Å²) < 4.78 is 89.2. The first-order valence-electron chi connectivity index (χ1n) is 17.7. The molecule has 1 amide bonds. The third-order valence-corrected chi connectivity index (χ3v) is 10.2. The Morgan fingerprint density at radius 1 is 0.927 bits per heavy atom. The summed E-state index contributed by atoms with van der Waals surface area (Å²) in [5.74, 6) is -6.20. The number of benzene rings is 4. The van der Waals surface area contributed by atoms with Crippen molar-refractivity contribution < 1.29 is 41.0 Å². The number of nitrogens with one attached hydrogen (secondary N) is 1. The number of nitrogens with zero attached hydrogens (tertiary/aromatic N) is 3. The van der Waals surface area contributed by atoms with E-state index in [2.05, 4.69) is 5.32 Å². The molecular formula is C41H40F6N4O4. The molecule has 0 radical (unpaired) electrons. The average Bonchev–Trinajstić information content (AvgIpc) is 3.12. The lowest BCUT2D eigenvalue weighted by Crippen LogP contribution is -2.43. The van der Waals surface area contributed by atoms with Crippen molar-refractivity contribution in [3.63, 3.8) is 0 Å². The number of rotatable bonds is 11. The van der Waals surface area contributed by atoms with Crippen molar-refractivity contribution in [2.45, 2.75) is 50.4 Å². The van der Waals surface area contributed by atoms with E-state index < -0.39 is 58.1 Å². The van der Waals surface area contributed by atoms with Gasteiger partial charge in [-0.15, -0.1) is 0 Å². The second kappa shape index (κ2) is 15.5. The Balaban J connectivity index is 1.37. The quantitative estimate of drug-likeness (QED) is 0.137. The third kappa shape index (κ3) is 8.40. The molecule has 2 heterocycles. The number of carboxylic acids is 1. The van der Waals surface area contributed by atoms with E-state index in [-0.39, 0.29) is 66.3 Å². The normalized spacial score (nSPS) is 15.5. The SMILES string of the molecule is CN(C)CCc1ccc2c(c1)c(C(F)(F)F)c(-c1cccc3c(C[C@H](NC(=O)c4c(F)cccc4CN4CCC(F)(F)CC4)C(=O)O)cccc13)c(=O)n2C. The molecule has 0 spiro atoms. The number of carbonyl (C=O) groups excluding carboxylic acids is 1. The van der Waals surface area contributed by atoms with Gasteiger partial charge in [-0.1, -0.05) is 54.6 Å². The highest BCUT2D eigenvalue weighted by Crippen LogP contribution is 2.42. The summed E-state index contributed by atoms with van der Waals surface area (Å²) in [6, 6.07) is 16.1. The van der Waals surface area contributed by atoms with Gasteiger partial charge >= 0.3 is 12.1 Å². The summed E-state index contributed by atoms with van der Waals surface area (Å²) in [5.41, 5.74) is -1.60. The number of piperidine rings is 1. The van der Waals surface area contributed by atoms with Gasteiger partial charge in [0.25, 0.3) is 17.4 Å². The molecule has 5 aromatic rings. The van der Waals surface area contributed by atoms with Crippen LogP contribution in [0.25, 0.3) is 32.8 Å². The first kappa shape index (κ1) is 39.5. The molecule has 0 aliphatic carbocycles. The Labute approximate surface area is 313 Å². The van der Waals surface area contributed by atoms with Gasteiger partial charge in [0.15, 0.2) is 0 Å². The Morgan fingerprint density at radius 3 is 2.25 bits per heavy atom. The van der Waals surface area contributed by atoms with Gasteiger partial charge in [0.05, 0.1) is 22.2 Å². The van der Waals surface area contributed by atoms with Crippen LogP contribution in [0.4, 0.5) is 26.3 Å². The van der Waals surface area contributed by atoms with Crippen molar-refractivity contribution >= 4 is 33.6 Å². The molecule has 14 heteroatoms. The van der Waals surface area contributed by atoms with Crippen LogP contribution in [-0.2, 0) is 37.4 Å². The Kier molecular flexibility index (Phi) is 11.1. The van der Waals surface area contributed by atoms with Gasteiger partial charge in [-0.05, 0) is 71.7 Å². The number of halogens is 6. The van der Waals surface area contributed by atoms with Crippen molar-refractivity contribution in [3.8, 4) is 11.1 Å². The van der Waals surface area contributed by atoms with E-state index in [1.54, 1.807) is 29.2 Å². The number of carboxylic acid groups (broad SMARTS) is 1. The number of pyridine rings is 1. The van der Waals surface area contributed by atoms with Gasteiger partial charge in [0, 0.05) is 57.9 Å². The van der Waals surface area contributed by atoms with E-state index in [4.69, 9.17) is 0 Å². The fraction of sp³-hybridized carbons (Fsp3) is 0.341. The zero-order chi connectivity index (χ0) is 39.8. The minimum absolute atomic E-state index is 0.00439. The van der Waals surface area contributed by atoms with Crippen molar-refractivity contribution in [2.75, 3.05) is 33.7 Å². The van der Waals surface area contributed by atoms with E-state index in [1.165, 1.54) is 54.1 Å². The van der Waals surface area contributed by atoms with Crippen LogP contribution in [0.2, 0.25) is 0 Å². The van der Waals surface area contributed by atoms with E-state index >= 15 is 17.6 Å².